The molecule has 3 heteroatoms. The average Bonchev–Trinajstić information content (AvgIpc) is 2.44. The van der Waals surface area contributed by atoms with Crippen molar-refractivity contribution in [2.75, 3.05) is 5.73 Å². The van der Waals surface area contributed by atoms with Crippen molar-refractivity contribution in [3.05, 3.63) is 12.5 Å². The van der Waals surface area contributed by atoms with Crippen molar-refractivity contribution >= 4 is 5.82 Å². The van der Waals surface area contributed by atoms with Crippen LogP contribution in [0.25, 0.3) is 0 Å². The van der Waals surface area contributed by atoms with Crippen LogP contribution in [0.5, 0.6) is 0 Å². The predicted molar refractivity (Wildman–Crippen MR) is 53.2 cm³/mol. The monoisotopic (exact) mass is 179 g/mol. The maximum Gasteiger partial charge on any atom is 0.141 e. The standard InChI is InChI=1S/C10H17N3/c1-2-10(4-3-5-10)7-13-6-9(11)12-8-13/h6,8H,2-5,7,11H2,1H3. The molecule has 0 amide bonds. The summed E-state index contributed by atoms with van der Waals surface area (Å²) in [6.45, 7) is 3.37. The van der Waals surface area contributed by atoms with Crippen LogP contribution in [0.4, 0.5) is 5.82 Å². The Labute approximate surface area is 79.0 Å². The van der Waals surface area contributed by atoms with E-state index in [9.17, 15) is 0 Å². The van der Waals surface area contributed by atoms with E-state index in [1.165, 1.54) is 25.7 Å². The molecule has 3 nitrogen and oxygen atoms in total. The first kappa shape index (κ1) is 8.60. The van der Waals surface area contributed by atoms with E-state index >= 15 is 0 Å². The molecule has 1 heterocycles. The fraction of sp³-hybridized carbons (Fsp3) is 0.700. The van der Waals surface area contributed by atoms with Gasteiger partial charge in [-0.2, -0.15) is 0 Å². The first-order valence-electron chi connectivity index (χ1n) is 5.01. The highest BCUT2D eigenvalue weighted by Crippen LogP contribution is 2.45. The highest BCUT2D eigenvalue weighted by molar-refractivity contribution is 5.22. The number of imidazole rings is 1. The summed E-state index contributed by atoms with van der Waals surface area (Å²) >= 11 is 0. The Balaban J connectivity index is 2.04. The van der Waals surface area contributed by atoms with Crippen LogP contribution >= 0.6 is 0 Å². The second kappa shape index (κ2) is 3.05. The van der Waals surface area contributed by atoms with Gasteiger partial charge >= 0.3 is 0 Å². The highest BCUT2D eigenvalue weighted by atomic mass is 15.1. The molecule has 1 aliphatic rings. The molecule has 72 valence electrons. The van der Waals surface area contributed by atoms with Gasteiger partial charge in [-0.05, 0) is 24.7 Å². The minimum atomic E-state index is 0.549. The van der Waals surface area contributed by atoms with Crippen molar-refractivity contribution in [3.63, 3.8) is 0 Å². The van der Waals surface area contributed by atoms with Gasteiger partial charge in [-0.1, -0.05) is 13.3 Å². The Kier molecular flexibility index (Phi) is 2.02. The summed E-state index contributed by atoms with van der Waals surface area (Å²) < 4.78 is 2.12. The van der Waals surface area contributed by atoms with E-state index in [0.717, 1.165) is 6.54 Å². The SMILES string of the molecule is CCC1(Cn2cnc(N)c2)CCC1. The van der Waals surface area contributed by atoms with Gasteiger partial charge in [0.25, 0.3) is 0 Å². The molecular weight excluding hydrogens is 162 g/mol. The number of nitrogen functional groups attached to an aromatic ring is 1. The van der Waals surface area contributed by atoms with Crippen molar-refractivity contribution in [1.29, 1.82) is 0 Å². The largest absolute Gasteiger partial charge is 0.382 e. The van der Waals surface area contributed by atoms with Gasteiger partial charge in [-0.3, -0.25) is 0 Å². The zero-order chi connectivity index (χ0) is 9.31. The summed E-state index contributed by atoms with van der Waals surface area (Å²) in [7, 11) is 0. The van der Waals surface area contributed by atoms with Crippen LogP contribution < -0.4 is 5.73 Å². The zero-order valence-electron chi connectivity index (χ0n) is 8.16. The molecule has 1 aliphatic carbocycles. The number of nitrogens with two attached hydrogens (primary N) is 1. The molecule has 2 rings (SSSR count). The Hall–Kier alpha value is -0.990. The molecule has 0 unspecified atom stereocenters. The van der Waals surface area contributed by atoms with Crippen LogP contribution in [-0.2, 0) is 6.54 Å². The van der Waals surface area contributed by atoms with Crippen LogP contribution in [0, 0.1) is 5.41 Å². The lowest BCUT2D eigenvalue weighted by atomic mass is 9.67. The normalized spacial score (nSPS) is 19.8. The molecule has 2 N–H and O–H groups in total. The van der Waals surface area contributed by atoms with Crippen LogP contribution in [0.1, 0.15) is 32.6 Å². The maximum atomic E-state index is 5.57. The lowest BCUT2D eigenvalue weighted by Gasteiger charge is -2.41. The lowest BCUT2D eigenvalue weighted by Crippen LogP contribution is -2.33. The molecule has 1 saturated carbocycles. The molecule has 0 bridgehead atoms. The third kappa shape index (κ3) is 1.55. The van der Waals surface area contributed by atoms with Gasteiger partial charge in [0, 0.05) is 12.7 Å². The minimum absolute atomic E-state index is 0.549. The number of hydrogen-bond donors (Lipinski definition) is 1. The van der Waals surface area contributed by atoms with Gasteiger partial charge in [0.15, 0.2) is 0 Å². The van der Waals surface area contributed by atoms with Gasteiger partial charge in [0.1, 0.15) is 5.82 Å². The second-order valence-corrected chi connectivity index (χ2v) is 4.18. The topological polar surface area (TPSA) is 43.8 Å². The van der Waals surface area contributed by atoms with Gasteiger partial charge < -0.3 is 10.3 Å². The van der Waals surface area contributed by atoms with Gasteiger partial charge in [-0.25, -0.2) is 4.98 Å². The fourth-order valence-corrected chi connectivity index (χ4v) is 2.15. The zero-order valence-corrected chi connectivity index (χ0v) is 8.16. The molecule has 0 radical (unpaired) electrons. The summed E-state index contributed by atoms with van der Waals surface area (Å²) in [6, 6.07) is 0. The van der Waals surface area contributed by atoms with Crippen LogP contribution in [-0.4, -0.2) is 9.55 Å². The van der Waals surface area contributed by atoms with Gasteiger partial charge in [0.2, 0.25) is 0 Å². The number of hydrogen-bond acceptors (Lipinski definition) is 2. The van der Waals surface area contributed by atoms with Gasteiger partial charge in [-0.15, -0.1) is 0 Å². The first-order chi connectivity index (χ1) is 6.24. The molecule has 13 heavy (non-hydrogen) atoms. The lowest BCUT2D eigenvalue weighted by molar-refractivity contribution is 0.100. The van der Waals surface area contributed by atoms with E-state index in [1.807, 2.05) is 12.5 Å². The molecule has 1 fully saturated rings. The summed E-state index contributed by atoms with van der Waals surface area (Å²) in [5.74, 6) is 0.630. The van der Waals surface area contributed by atoms with Crippen molar-refractivity contribution in [2.24, 2.45) is 5.41 Å². The summed E-state index contributed by atoms with van der Waals surface area (Å²) in [5.41, 5.74) is 6.12. The fourth-order valence-electron chi connectivity index (χ4n) is 2.15. The number of nitrogens with zero attached hydrogens (tertiary/aromatic N) is 2. The summed E-state index contributed by atoms with van der Waals surface area (Å²) in [5, 5.41) is 0. The average molecular weight is 179 g/mol. The Morgan fingerprint density at radius 2 is 2.38 bits per heavy atom. The van der Waals surface area contributed by atoms with Crippen LogP contribution in [0.2, 0.25) is 0 Å². The van der Waals surface area contributed by atoms with E-state index in [-0.39, 0.29) is 0 Å². The van der Waals surface area contributed by atoms with E-state index in [0.29, 0.717) is 11.2 Å². The summed E-state index contributed by atoms with van der Waals surface area (Å²) in [6.07, 6.45) is 9.15. The molecule has 0 atom stereocenters. The number of anilines is 1. The number of rotatable bonds is 3. The van der Waals surface area contributed by atoms with E-state index in [2.05, 4.69) is 16.5 Å². The maximum absolute atomic E-state index is 5.57. The third-order valence-electron chi connectivity index (χ3n) is 3.34. The second-order valence-electron chi connectivity index (χ2n) is 4.18. The smallest absolute Gasteiger partial charge is 0.141 e. The molecule has 0 aliphatic heterocycles. The predicted octanol–water partition coefficient (Wildman–Crippen LogP) is 2.05. The quantitative estimate of drug-likeness (QED) is 0.771. The molecule has 1 aromatic heterocycles. The Bertz CT molecular complexity index is 281. The minimum Gasteiger partial charge on any atom is -0.382 e. The first-order valence-corrected chi connectivity index (χ1v) is 5.01. The molecule has 0 saturated heterocycles. The molecule has 0 spiro atoms. The Morgan fingerprint density at radius 1 is 1.62 bits per heavy atom. The van der Waals surface area contributed by atoms with Crippen molar-refractivity contribution in [2.45, 2.75) is 39.2 Å². The van der Waals surface area contributed by atoms with Crippen molar-refractivity contribution < 1.29 is 0 Å². The molecule has 1 aromatic rings. The Morgan fingerprint density at radius 3 is 2.77 bits per heavy atom. The molecule has 0 aromatic carbocycles. The van der Waals surface area contributed by atoms with Crippen LogP contribution in [0.3, 0.4) is 0 Å². The highest BCUT2D eigenvalue weighted by Gasteiger charge is 2.35. The van der Waals surface area contributed by atoms with E-state index in [4.69, 9.17) is 5.73 Å². The molecular formula is C10H17N3. The summed E-state index contributed by atoms with van der Waals surface area (Å²) in [4.78, 5) is 4.03. The van der Waals surface area contributed by atoms with Crippen LogP contribution in [0.15, 0.2) is 12.5 Å². The van der Waals surface area contributed by atoms with Gasteiger partial charge in [0.05, 0.1) is 6.33 Å². The van der Waals surface area contributed by atoms with Crippen molar-refractivity contribution in [3.8, 4) is 0 Å². The van der Waals surface area contributed by atoms with E-state index < -0.39 is 0 Å². The van der Waals surface area contributed by atoms with Crippen molar-refractivity contribution in [1.82, 2.24) is 9.55 Å². The number of aromatic nitrogens is 2. The third-order valence-corrected chi connectivity index (χ3v) is 3.34. The van der Waals surface area contributed by atoms with E-state index in [1.54, 1.807) is 0 Å².